The first kappa shape index (κ1) is 16.9. The number of hydrogen-bond acceptors (Lipinski definition) is 4. The minimum Gasteiger partial charge on any atom is -0.481 e. The zero-order valence-electron chi connectivity index (χ0n) is 14.0. The first-order valence-electron chi connectivity index (χ1n) is 9.05. The lowest BCUT2D eigenvalue weighted by Gasteiger charge is -2.31. The standard InChI is InChI=1S/C17H26N4O3/c22-14(8-9-15(23)24)21-10-4-7-13(11-21)17-18-16(19-20-17)12-5-2-1-3-6-12/h12-13H,1-11H2,(H,23,24)(H,18,19,20). The van der Waals surface area contributed by atoms with Crippen LogP contribution < -0.4 is 0 Å². The van der Waals surface area contributed by atoms with E-state index in [-0.39, 0.29) is 24.7 Å². The highest BCUT2D eigenvalue weighted by molar-refractivity contribution is 5.80. The second kappa shape index (κ2) is 7.77. The fourth-order valence-electron chi connectivity index (χ4n) is 3.82. The van der Waals surface area contributed by atoms with Crippen LogP contribution in [0.5, 0.6) is 0 Å². The van der Waals surface area contributed by atoms with Crippen LogP contribution >= 0.6 is 0 Å². The van der Waals surface area contributed by atoms with E-state index in [2.05, 4.69) is 10.2 Å². The van der Waals surface area contributed by atoms with Gasteiger partial charge in [-0.25, -0.2) is 4.98 Å². The Kier molecular flexibility index (Phi) is 5.48. The van der Waals surface area contributed by atoms with E-state index in [1.54, 1.807) is 4.90 Å². The van der Waals surface area contributed by atoms with Crippen molar-refractivity contribution in [2.45, 2.75) is 69.6 Å². The predicted molar refractivity (Wildman–Crippen MR) is 87.6 cm³/mol. The lowest BCUT2D eigenvalue weighted by molar-refractivity contribution is -0.141. The molecule has 1 amide bonds. The fraction of sp³-hybridized carbons (Fsp3) is 0.765. The van der Waals surface area contributed by atoms with E-state index < -0.39 is 5.97 Å². The van der Waals surface area contributed by atoms with Gasteiger partial charge >= 0.3 is 5.97 Å². The summed E-state index contributed by atoms with van der Waals surface area (Å²) in [5.41, 5.74) is 0. The van der Waals surface area contributed by atoms with Crippen LogP contribution in [0.1, 0.15) is 81.3 Å². The van der Waals surface area contributed by atoms with Gasteiger partial charge in [0.1, 0.15) is 5.82 Å². The number of amides is 1. The highest BCUT2D eigenvalue weighted by atomic mass is 16.4. The number of piperidine rings is 1. The zero-order chi connectivity index (χ0) is 16.9. The molecule has 2 N–H and O–H groups in total. The Morgan fingerprint density at radius 1 is 1.08 bits per heavy atom. The topological polar surface area (TPSA) is 99.2 Å². The summed E-state index contributed by atoms with van der Waals surface area (Å²) in [5, 5.41) is 16.3. The Bertz CT molecular complexity index is 580. The minimum atomic E-state index is -0.928. The molecule has 1 saturated carbocycles. The molecule has 1 aromatic heterocycles. The maximum absolute atomic E-state index is 12.1. The molecule has 1 aromatic rings. The molecule has 132 valence electrons. The van der Waals surface area contributed by atoms with Crippen LogP contribution in [-0.4, -0.2) is 50.2 Å². The molecule has 1 aliphatic carbocycles. The molecule has 0 aromatic carbocycles. The number of aromatic amines is 1. The van der Waals surface area contributed by atoms with Crippen molar-refractivity contribution in [3.8, 4) is 0 Å². The van der Waals surface area contributed by atoms with Gasteiger partial charge in [0.25, 0.3) is 0 Å². The lowest BCUT2D eigenvalue weighted by Crippen LogP contribution is -2.39. The second-order valence-corrected chi connectivity index (χ2v) is 6.99. The van der Waals surface area contributed by atoms with Crippen LogP contribution in [0.2, 0.25) is 0 Å². The number of rotatable bonds is 5. The molecule has 24 heavy (non-hydrogen) atoms. The van der Waals surface area contributed by atoms with E-state index in [0.29, 0.717) is 19.0 Å². The quantitative estimate of drug-likeness (QED) is 0.861. The molecule has 0 spiro atoms. The number of likely N-dealkylation sites (tertiary alicyclic amines) is 1. The number of aliphatic carboxylic acids is 1. The number of nitrogens with zero attached hydrogens (tertiary/aromatic N) is 3. The molecule has 7 nitrogen and oxygen atoms in total. The van der Waals surface area contributed by atoms with Gasteiger partial charge < -0.3 is 10.0 Å². The van der Waals surface area contributed by atoms with Crippen molar-refractivity contribution >= 4 is 11.9 Å². The Morgan fingerprint density at radius 2 is 1.83 bits per heavy atom. The third-order valence-electron chi connectivity index (χ3n) is 5.20. The smallest absolute Gasteiger partial charge is 0.303 e. The number of H-pyrrole nitrogens is 1. The third-order valence-corrected chi connectivity index (χ3v) is 5.20. The molecule has 2 fully saturated rings. The van der Waals surface area contributed by atoms with Crippen molar-refractivity contribution in [3.05, 3.63) is 11.6 Å². The summed E-state index contributed by atoms with van der Waals surface area (Å²) in [4.78, 5) is 29.3. The average Bonchev–Trinajstić information content (AvgIpc) is 3.11. The number of carboxylic acids is 1. The fourth-order valence-corrected chi connectivity index (χ4v) is 3.82. The van der Waals surface area contributed by atoms with Gasteiger partial charge in [0.2, 0.25) is 5.91 Å². The molecule has 2 aliphatic rings. The lowest BCUT2D eigenvalue weighted by atomic mass is 9.89. The maximum atomic E-state index is 12.1. The van der Waals surface area contributed by atoms with Gasteiger partial charge in [-0.3, -0.25) is 14.7 Å². The van der Waals surface area contributed by atoms with Gasteiger partial charge in [0.15, 0.2) is 5.82 Å². The molecule has 2 heterocycles. The highest BCUT2D eigenvalue weighted by Gasteiger charge is 2.28. The number of carbonyl (C=O) groups excluding carboxylic acids is 1. The number of aromatic nitrogens is 3. The van der Waals surface area contributed by atoms with Gasteiger partial charge in [-0.1, -0.05) is 19.3 Å². The van der Waals surface area contributed by atoms with Crippen LogP contribution in [0.4, 0.5) is 0 Å². The highest BCUT2D eigenvalue weighted by Crippen LogP contribution is 2.32. The van der Waals surface area contributed by atoms with Crippen LogP contribution in [0, 0.1) is 0 Å². The summed E-state index contributed by atoms with van der Waals surface area (Å²) in [7, 11) is 0. The molecule has 1 atom stereocenters. The molecule has 0 radical (unpaired) electrons. The number of hydrogen-bond donors (Lipinski definition) is 2. The molecule has 1 unspecified atom stereocenters. The van der Waals surface area contributed by atoms with Crippen LogP contribution in [0.15, 0.2) is 0 Å². The van der Waals surface area contributed by atoms with Crippen molar-refractivity contribution < 1.29 is 14.7 Å². The number of carboxylic acid groups (broad SMARTS) is 1. The van der Waals surface area contributed by atoms with E-state index >= 15 is 0 Å². The second-order valence-electron chi connectivity index (χ2n) is 6.99. The Hall–Kier alpha value is -1.92. The third kappa shape index (κ3) is 4.13. The first-order chi connectivity index (χ1) is 11.6. The van der Waals surface area contributed by atoms with Crippen LogP contribution in [0.3, 0.4) is 0 Å². The van der Waals surface area contributed by atoms with Crippen LogP contribution in [-0.2, 0) is 9.59 Å². The van der Waals surface area contributed by atoms with Crippen molar-refractivity contribution in [2.24, 2.45) is 0 Å². The van der Waals surface area contributed by atoms with E-state index in [1.807, 2.05) is 0 Å². The molecule has 1 aliphatic heterocycles. The number of nitrogens with one attached hydrogen (secondary N) is 1. The molecule has 1 saturated heterocycles. The zero-order valence-corrected chi connectivity index (χ0v) is 14.0. The van der Waals surface area contributed by atoms with Gasteiger partial charge in [-0.2, -0.15) is 5.10 Å². The van der Waals surface area contributed by atoms with E-state index in [0.717, 1.165) is 24.5 Å². The van der Waals surface area contributed by atoms with Crippen LogP contribution in [0.25, 0.3) is 0 Å². The predicted octanol–water partition coefficient (Wildman–Crippen LogP) is 2.42. The van der Waals surface area contributed by atoms with Gasteiger partial charge in [-0.05, 0) is 25.7 Å². The van der Waals surface area contributed by atoms with E-state index in [4.69, 9.17) is 10.1 Å². The summed E-state index contributed by atoms with van der Waals surface area (Å²) in [6.07, 6.45) is 8.05. The summed E-state index contributed by atoms with van der Waals surface area (Å²) in [6.45, 7) is 1.30. The summed E-state index contributed by atoms with van der Waals surface area (Å²) in [5.74, 6) is 1.46. The summed E-state index contributed by atoms with van der Waals surface area (Å²) >= 11 is 0. The number of carbonyl (C=O) groups is 2. The van der Waals surface area contributed by atoms with Gasteiger partial charge in [0.05, 0.1) is 6.42 Å². The first-order valence-corrected chi connectivity index (χ1v) is 9.05. The largest absolute Gasteiger partial charge is 0.481 e. The van der Waals surface area contributed by atoms with Gasteiger partial charge in [0, 0.05) is 31.3 Å². The van der Waals surface area contributed by atoms with Gasteiger partial charge in [-0.15, -0.1) is 0 Å². The summed E-state index contributed by atoms with van der Waals surface area (Å²) < 4.78 is 0. The van der Waals surface area contributed by atoms with Crippen molar-refractivity contribution in [2.75, 3.05) is 13.1 Å². The van der Waals surface area contributed by atoms with E-state index in [9.17, 15) is 9.59 Å². The Balaban J connectivity index is 1.59. The minimum absolute atomic E-state index is 0.0728. The SMILES string of the molecule is O=C(O)CCC(=O)N1CCCC(c2n[nH]c(C3CCCCC3)n2)C1. The van der Waals surface area contributed by atoms with Crippen molar-refractivity contribution in [1.29, 1.82) is 0 Å². The van der Waals surface area contributed by atoms with Crippen molar-refractivity contribution in [3.63, 3.8) is 0 Å². The van der Waals surface area contributed by atoms with E-state index in [1.165, 1.54) is 32.1 Å². The average molecular weight is 334 g/mol. The molecule has 7 heteroatoms. The molecule has 0 bridgehead atoms. The monoisotopic (exact) mass is 334 g/mol. The summed E-state index contributed by atoms with van der Waals surface area (Å²) in [6, 6.07) is 0. The molecular formula is C17H26N4O3. The normalized spacial score (nSPS) is 22.5. The van der Waals surface area contributed by atoms with Crippen molar-refractivity contribution in [1.82, 2.24) is 20.1 Å². The Morgan fingerprint density at radius 3 is 2.58 bits per heavy atom. The Labute approximate surface area is 141 Å². The molecular weight excluding hydrogens is 308 g/mol. The maximum Gasteiger partial charge on any atom is 0.303 e. The molecule has 3 rings (SSSR count).